The Morgan fingerprint density at radius 3 is 2.35 bits per heavy atom. The lowest BCUT2D eigenvalue weighted by Crippen LogP contribution is -2.54. The highest BCUT2D eigenvalue weighted by Crippen LogP contribution is 2.12. The number of aliphatic hydroxyl groups is 1. The van der Waals surface area contributed by atoms with Crippen LogP contribution in [0.25, 0.3) is 0 Å². The maximum atomic E-state index is 13.5. The molecule has 0 saturated carbocycles. The number of benzene rings is 2. The number of aliphatic hydroxyl groups excluding tert-OH is 1. The van der Waals surface area contributed by atoms with Gasteiger partial charge in [-0.15, -0.1) is 0 Å². The van der Waals surface area contributed by atoms with Crippen molar-refractivity contribution in [2.75, 3.05) is 6.61 Å². The van der Waals surface area contributed by atoms with Crippen molar-refractivity contribution >= 4 is 17.6 Å². The van der Waals surface area contributed by atoms with E-state index in [1.54, 1.807) is 0 Å². The molecule has 0 aliphatic rings. The van der Waals surface area contributed by atoms with Crippen LogP contribution < -0.4 is 10.6 Å². The third kappa shape index (κ3) is 7.29. The summed E-state index contributed by atoms with van der Waals surface area (Å²) in [6, 6.07) is 12.9. The summed E-state index contributed by atoms with van der Waals surface area (Å²) in [6.45, 7) is 3.00. The van der Waals surface area contributed by atoms with Gasteiger partial charge in [-0.05, 0) is 42.5 Å². The van der Waals surface area contributed by atoms with E-state index in [0.29, 0.717) is 19.3 Å². The quantitative estimate of drug-likeness (QED) is 0.513. The Hall–Kier alpha value is -3.06. The molecule has 2 amide bonds. The van der Waals surface area contributed by atoms with E-state index in [1.807, 2.05) is 44.2 Å². The van der Waals surface area contributed by atoms with Crippen LogP contribution >= 0.6 is 0 Å². The molecule has 0 aliphatic heterocycles. The molecule has 2 aromatic carbocycles. The third-order valence-corrected chi connectivity index (χ3v) is 5.29. The van der Waals surface area contributed by atoms with Gasteiger partial charge < -0.3 is 15.7 Å². The molecule has 7 heteroatoms. The molecule has 0 radical (unpaired) electrons. The van der Waals surface area contributed by atoms with Crippen LogP contribution in [0.15, 0.2) is 54.6 Å². The second-order valence-electron chi connectivity index (χ2n) is 7.56. The van der Waals surface area contributed by atoms with Crippen molar-refractivity contribution in [3.63, 3.8) is 0 Å². The van der Waals surface area contributed by atoms with E-state index in [0.717, 1.165) is 11.6 Å². The van der Waals surface area contributed by atoms with E-state index in [4.69, 9.17) is 0 Å². The molecule has 3 N–H and O–H groups in total. The summed E-state index contributed by atoms with van der Waals surface area (Å²) >= 11 is 0. The molecule has 0 fully saturated rings. The topological polar surface area (TPSA) is 95.5 Å². The Bertz CT molecular complexity index is 888. The molecule has 0 unspecified atom stereocenters. The van der Waals surface area contributed by atoms with Gasteiger partial charge in [0.1, 0.15) is 18.5 Å². The van der Waals surface area contributed by atoms with Crippen molar-refractivity contribution in [2.24, 2.45) is 5.92 Å². The average molecular weight is 429 g/mol. The van der Waals surface area contributed by atoms with Gasteiger partial charge in [0.25, 0.3) is 5.91 Å². The largest absolute Gasteiger partial charge is 0.389 e. The van der Waals surface area contributed by atoms with E-state index in [1.165, 1.54) is 18.2 Å². The van der Waals surface area contributed by atoms with E-state index < -0.39 is 42.1 Å². The zero-order valence-corrected chi connectivity index (χ0v) is 17.8. The zero-order valence-electron chi connectivity index (χ0n) is 17.8. The fraction of sp³-hybridized carbons (Fsp3) is 0.375. The van der Waals surface area contributed by atoms with Crippen molar-refractivity contribution in [3.8, 4) is 0 Å². The second kappa shape index (κ2) is 12.0. The van der Waals surface area contributed by atoms with Crippen LogP contribution in [0.4, 0.5) is 4.39 Å². The molecular weight excluding hydrogens is 399 g/mol. The minimum Gasteiger partial charge on any atom is -0.389 e. The first-order valence-corrected chi connectivity index (χ1v) is 10.4. The maximum Gasteiger partial charge on any atom is 0.252 e. The maximum absolute atomic E-state index is 13.5. The molecule has 2 aromatic rings. The molecule has 3 atom stereocenters. The van der Waals surface area contributed by atoms with Crippen molar-refractivity contribution in [2.45, 2.75) is 45.2 Å². The van der Waals surface area contributed by atoms with Crippen molar-refractivity contribution in [1.29, 1.82) is 0 Å². The molecule has 31 heavy (non-hydrogen) atoms. The predicted molar refractivity (Wildman–Crippen MR) is 116 cm³/mol. The van der Waals surface area contributed by atoms with Crippen molar-refractivity contribution < 1.29 is 23.9 Å². The minimum atomic E-state index is -0.911. The fourth-order valence-corrected chi connectivity index (χ4v) is 3.20. The van der Waals surface area contributed by atoms with E-state index in [9.17, 15) is 23.9 Å². The monoisotopic (exact) mass is 428 g/mol. The van der Waals surface area contributed by atoms with Gasteiger partial charge in [-0.2, -0.15) is 0 Å². The fourth-order valence-electron chi connectivity index (χ4n) is 3.20. The SMILES string of the molecule is CC[C@H](C)[C@H](NC(=O)c1cccc(F)c1)C(=O)N[C@@H](CCc1ccccc1)C(=O)CO. The van der Waals surface area contributed by atoms with Crippen LogP contribution in [0, 0.1) is 11.7 Å². The van der Waals surface area contributed by atoms with Gasteiger partial charge in [0, 0.05) is 5.56 Å². The minimum absolute atomic E-state index is 0.105. The smallest absolute Gasteiger partial charge is 0.252 e. The number of hydrogen-bond acceptors (Lipinski definition) is 4. The van der Waals surface area contributed by atoms with E-state index in [-0.39, 0.29) is 11.5 Å². The molecule has 6 nitrogen and oxygen atoms in total. The molecule has 0 heterocycles. The molecule has 0 spiro atoms. The Balaban J connectivity index is 2.11. The highest BCUT2D eigenvalue weighted by molar-refractivity contribution is 5.98. The third-order valence-electron chi connectivity index (χ3n) is 5.29. The zero-order chi connectivity index (χ0) is 22.8. The number of amides is 2. The summed E-state index contributed by atoms with van der Waals surface area (Å²) in [5, 5.41) is 14.7. The number of carbonyl (C=O) groups excluding carboxylic acids is 3. The van der Waals surface area contributed by atoms with E-state index in [2.05, 4.69) is 10.6 Å². The Morgan fingerprint density at radius 2 is 1.74 bits per heavy atom. The molecule has 166 valence electrons. The van der Waals surface area contributed by atoms with E-state index >= 15 is 0 Å². The highest BCUT2D eigenvalue weighted by Gasteiger charge is 2.29. The van der Waals surface area contributed by atoms with Gasteiger partial charge in [-0.3, -0.25) is 14.4 Å². The number of aryl methyl sites for hydroxylation is 1. The Labute approximate surface area is 181 Å². The van der Waals surface area contributed by atoms with Gasteiger partial charge >= 0.3 is 0 Å². The first-order chi connectivity index (χ1) is 14.8. The standard InChI is InChI=1S/C24H29FN2O4/c1-3-16(2)22(27-23(30)18-10-7-11-19(25)14-18)24(31)26-20(21(29)15-28)13-12-17-8-5-4-6-9-17/h4-11,14,16,20,22,28H,3,12-13,15H2,1-2H3,(H,26,31)(H,27,30)/t16-,20-,22-/m0/s1. The summed E-state index contributed by atoms with van der Waals surface area (Å²) in [7, 11) is 0. The van der Waals surface area contributed by atoms with Crippen LogP contribution in [0.3, 0.4) is 0 Å². The number of ketones is 1. The van der Waals surface area contributed by atoms with Gasteiger partial charge in [0.2, 0.25) is 5.91 Å². The predicted octanol–water partition coefficient (Wildman–Crippen LogP) is 2.65. The van der Waals surface area contributed by atoms with Gasteiger partial charge in [0.15, 0.2) is 5.78 Å². The number of halogens is 1. The Kier molecular flexibility index (Phi) is 9.34. The van der Waals surface area contributed by atoms with Gasteiger partial charge in [-0.1, -0.05) is 56.7 Å². The van der Waals surface area contributed by atoms with Crippen LogP contribution in [0.5, 0.6) is 0 Å². The first-order valence-electron chi connectivity index (χ1n) is 10.4. The van der Waals surface area contributed by atoms with Crippen molar-refractivity contribution in [1.82, 2.24) is 10.6 Å². The van der Waals surface area contributed by atoms with Gasteiger partial charge in [-0.25, -0.2) is 4.39 Å². The molecule has 0 aromatic heterocycles. The van der Waals surface area contributed by atoms with Crippen LogP contribution in [0.2, 0.25) is 0 Å². The number of rotatable bonds is 11. The summed E-state index contributed by atoms with van der Waals surface area (Å²) in [6.07, 6.45) is 1.46. The summed E-state index contributed by atoms with van der Waals surface area (Å²) < 4.78 is 13.5. The number of nitrogens with one attached hydrogen (secondary N) is 2. The van der Waals surface area contributed by atoms with Gasteiger partial charge in [0.05, 0.1) is 6.04 Å². The lowest BCUT2D eigenvalue weighted by Gasteiger charge is -2.26. The molecular formula is C24H29FN2O4. The van der Waals surface area contributed by atoms with Crippen LogP contribution in [-0.4, -0.2) is 41.4 Å². The Morgan fingerprint density at radius 1 is 1.03 bits per heavy atom. The number of hydrogen-bond donors (Lipinski definition) is 3. The molecule has 0 bridgehead atoms. The lowest BCUT2D eigenvalue weighted by molar-refractivity contribution is -0.131. The summed E-state index contributed by atoms with van der Waals surface area (Å²) in [4.78, 5) is 37.8. The second-order valence-corrected chi connectivity index (χ2v) is 7.56. The summed E-state index contributed by atoms with van der Waals surface area (Å²) in [5.74, 6) is -2.36. The lowest BCUT2D eigenvalue weighted by atomic mass is 9.96. The first kappa shape index (κ1) is 24.2. The summed E-state index contributed by atoms with van der Waals surface area (Å²) in [5.41, 5.74) is 1.11. The van der Waals surface area contributed by atoms with Crippen LogP contribution in [0.1, 0.15) is 42.6 Å². The highest BCUT2D eigenvalue weighted by atomic mass is 19.1. The average Bonchev–Trinajstić information content (AvgIpc) is 2.79. The molecule has 0 saturated heterocycles. The van der Waals surface area contributed by atoms with Crippen molar-refractivity contribution in [3.05, 3.63) is 71.5 Å². The molecule has 2 rings (SSSR count). The number of Topliss-reactive ketones (excluding diaryl/α,β-unsaturated/α-hetero) is 1. The normalized spacial score (nSPS) is 13.7. The number of carbonyl (C=O) groups is 3. The molecule has 0 aliphatic carbocycles. The van der Waals surface area contributed by atoms with Crippen LogP contribution in [-0.2, 0) is 16.0 Å².